The van der Waals surface area contributed by atoms with E-state index in [1.165, 1.54) is 35.9 Å². The third kappa shape index (κ3) is 3.56. The summed E-state index contributed by atoms with van der Waals surface area (Å²) in [6.45, 7) is 2.42. The van der Waals surface area contributed by atoms with Gasteiger partial charge in [0.15, 0.2) is 0 Å². The van der Waals surface area contributed by atoms with Crippen LogP contribution in [0.2, 0.25) is 0 Å². The van der Waals surface area contributed by atoms with Crippen LogP contribution >= 0.6 is 0 Å². The maximum Gasteiger partial charge on any atom is 0.307 e. The monoisotopic (exact) mass is 283 g/mol. The molecule has 0 aliphatic rings. The first-order chi connectivity index (χ1) is 9.40. The smallest absolute Gasteiger partial charge is 0.307 e. The number of carbonyl (C=O) groups excluding carboxylic acids is 2. The molecule has 1 rings (SSSR count). The number of amides is 1. The second-order valence-electron chi connectivity index (χ2n) is 4.18. The van der Waals surface area contributed by atoms with E-state index in [-0.39, 0.29) is 30.3 Å². The summed E-state index contributed by atoms with van der Waals surface area (Å²) in [6.07, 6.45) is 1.40. The molecule has 0 saturated carbocycles. The fraction of sp³-hybridized carbons (Fsp3) is 0.500. The van der Waals surface area contributed by atoms with E-state index in [9.17, 15) is 19.7 Å². The van der Waals surface area contributed by atoms with Gasteiger partial charge in [0, 0.05) is 26.2 Å². The van der Waals surface area contributed by atoms with Gasteiger partial charge in [-0.3, -0.25) is 19.7 Å². The lowest BCUT2D eigenvalue weighted by atomic mass is 10.3. The molecule has 1 amide bonds. The van der Waals surface area contributed by atoms with Gasteiger partial charge in [-0.15, -0.1) is 0 Å². The second kappa shape index (κ2) is 6.69. The highest BCUT2D eigenvalue weighted by Gasteiger charge is 2.21. The SMILES string of the molecule is CCn1cc([N+](=O)[O-])cc1C(=O)N(C)CCC(=O)OC. The van der Waals surface area contributed by atoms with Gasteiger partial charge in [-0.05, 0) is 6.92 Å². The largest absolute Gasteiger partial charge is 0.469 e. The predicted molar refractivity (Wildman–Crippen MR) is 70.4 cm³/mol. The molecule has 0 aromatic carbocycles. The maximum absolute atomic E-state index is 12.2. The number of nitro groups is 1. The van der Waals surface area contributed by atoms with Crippen molar-refractivity contribution in [2.24, 2.45) is 0 Å². The highest BCUT2D eigenvalue weighted by atomic mass is 16.6. The quantitative estimate of drug-likeness (QED) is 0.442. The number of aryl methyl sites for hydroxylation is 1. The van der Waals surface area contributed by atoms with E-state index in [0.29, 0.717) is 6.54 Å². The van der Waals surface area contributed by atoms with Crippen LogP contribution in [0.25, 0.3) is 0 Å². The Hall–Kier alpha value is -2.38. The van der Waals surface area contributed by atoms with Crippen LogP contribution in [-0.2, 0) is 16.1 Å². The first-order valence-corrected chi connectivity index (χ1v) is 6.07. The van der Waals surface area contributed by atoms with E-state index in [2.05, 4.69) is 4.74 Å². The van der Waals surface area contributed by atoms with Gasteiger partial charge in [0.05, 0.1) is 24.7 Å². The molecule has 8 nitrogen and oxygen atoms in total. The summed E-state index contributed by atoms with van der Waals surface area (Å²) in [5.74, 6) is -0.787. The average Bonchev–Trinajstić information content (AvgIpc) is 2.87. The zero-order valence-corrected chi connectivity index (χ0v) is 11.7. The number of nitrogens with zero attached hydrogens (tertiary/aromatic N) is 3. The van der Waals surface area contributed by atoms with Crippen LogP contribution in [0.15, 0.2) is 12.3 Å². The van der Waals surface area contributed by atoms with Crippen LogP contribution in [0, 0.1) is 10.1 Å². The molecular weight excluding hydrogens is 266 g/mol. The van der Waals surface area contributed by atoms with Crippen LogP contribution in [0.1, 0.15) is 23.8 Å². The predicted octanol–water partition coefficient (Wildman–Crippen LogP) is 1.05. The topological polar surface area (TPSA) is 94.7 Å². The molecule has 0 aliphatic heterocycles. The molecule has 1 aromatic rings. The van der Waals surface area contributed by atoms with Crippen molar-refractivity contribution in [2.75, 3.05) is 20.7 Å². The highest BCUT2D eigenvalue weighted by molar-refractivity contribution is 5.93. The summed E-state index contributed by atoms with van der Waals surface area (Å²) in [6, 6.07) is 1.24. The Kier molecular flexibility index (Phi) is 5.24. The van der Waals surface area contributed by atoms with E-state index in [0.717, 1.165) is 0 Å². The Labute approximate surface area is 116 Å². The third-order valence-electron chi connectivity index (χ3n) is 2.88. The molecule has 0 atom stereocenters. The number of ether oxygens (including phenoxy) is 1. The minimum atomic E-state index is -0.544. The molecule has 8 heteroatoms. The number of hydrogen-bond donors (Lipinski definition) is 0. The molecule has 1 heterocycles. The van der Waals surface area contributed by atoms with Crippen LogP contribution in [0.5, 0.6) is 0 Å². The molecule has 0 unspecified atom stereocenters. The van der Waals surface area contributed by atoms with Gasteiger partial charge < -0.3 is 14.2 Å². The molecule has 110 valence electrons. The van der Waals surface area contributed by atoms with Gasteiger partial charge in [0.25, 0.3) is 11.6 Å². The molecule has 0 radical (unpaired) electrons. The lowest BCUT2D eigenvalue weighted by Crippen LogP contribution is -2.30. The fourth-order valence-electron chi connectivity index (χ4n) is 1.69. The first kappa shape index (κ1) is 15.7. The number of methoxy groups -OCH3 is 1. The zero-order valence-electron chi connectivity index (χ0n) is 11.7. The summed E-state index contributed by atoms with van der Waals surface area (Å²) < 4.78 is 6.00. The molecule has 0 spiro atoms. The van der Waals surface area contributed by atoms with Gasteiger partial charge >= 0.3 is 5.97 Å². The van der Waals surface area contributed by atoms with Crippen LogP contribution < -0.4 is 0 Å². The Morgan fingerprint density at radius 2 is 2.15 bits per heavy atom. The first-order valence-electron chi connectivity index (χ1n) is 6.07. The summed E-state index contributed by atoms with van der Waals surface area (Å²) in [5.41, 5.74) is 0.100. The van der Waals surface area contributed by atoms with Crippen molar-refractivity contribution in [1.82, 2.24) is 9.47 Å². The standard InChI is InChI=1S/C12H17N3O5/c1-4-14-8-9(15(18)19)7-10(14)12(17)13(2)6-5-11(16)20-3/h7-8H,4-6H2,1-3H3. The van der Waals surface area contributed by atoms with Gasteiger partial charge in [-0.25, -0.2) is 0 Å². The Morgan fingerprint density at radius 3 is 2.65 bits per heavy atom. The van der Waals surface area contributed by atoms with E-state index in [1.807, 2.05) is 0 Å². The van der Waals surface area contributed by atoms with Crippen molar-refractivity contribution in [3.05, 3.63) is 28.1 Å². The number of hydrogen-bond acceptors (Lipinski definition) is 5. The van der Waals surface area contributed by atoms with Crippen molar-refractivity contribution in [3.8, 4) is 0 Å². The van der Waals surface area contributed by atoms with Crippen molar-refractivity contribution in [2.45, 2.75) is 19.9 Å². The highest BCUT2D eigenvalue weighted by Crippen LogP contribution is 2.17. The minimum absolute atomic E-state index is 0.0771. The summed E-state index contributed by atoms with van der Waals surface area (Å²) in [4.78, 5) is 34.8. The number of carbonyl (C=O) groups is 2. The second-order valence-corrected chi connectivity index (χ2v) is 4.18. The van der Waals surface area contributed by atoms with Crippen molar-refractivity contribution < 1.29 is 19.2 Å². The van der Waals surface area contributed by atoms with Crippen LogP contribution in [-0.4, -0.2) is 47.0 Å². The summed E-state index contributed by atoms with van der Waals surface area (Å²) >= 11 is 0. The van der Waals surface area contributed by atoms with E-state index >= 15 is 0 Å². The number of aromatic nitrogens is 1. The van der Waals surface area contributed by atoms with Gasteiger partial charge in [0.1, 0.15) is 5.69 Å². The van der Waals surface area contributed by atoms with Crippen molar-refractivity contribution in [3.63, 3.8) is 0 Å². The van der Waals surface area contributed by atoms with E-state index in [4.69, 9.17) is 0 Å². The lowest BCUT2D eigenvalue weighted by Gasteiger charge is -2.17. The molecule has 0 saturated heterocycles. The Morgan fingerprint density at radius 1 is 1.50 bits per heavy atom. The molecule has 0 aliphatic carbocycles. The average molecular weight is 283 g/mol. The summed E-state index contributed by atoms with van der Waals surface area (Å²) in [5, 5.41) is 10.7. The summed E-state index contributed by atoms with van der Waals surface area (Å²) in [7, 11) is 2.81. The Bertz CT molecular complexity index is 523. The normalized spacial score (nSPS) is 10.2. The van der Waals surface area contributed by atoms with Crippen molar-refractivity contribution >= 4 is 17.6 Å². The van der Waals surface area contributed by atoms with Gasteiger partial charge in [-0.2, -0.15) is 0 Å². The van der Waals surface area contributed by atoms with E-state index < -0.39 is 10.9 Å². The van der Waals surface area contributed by atoms with E-state index in [1.54, 1.807) is 6.92 Å². The zero-order chi connectivity index (χ0) is 15.3. The lowest BCUT2D eigenvalue weighted by molar-refractivity contribution is -0.384. The maximum atomic E-state index is 12.2. The molecule has 0 bridgehead atoms. The van der Waals surface area contributed by atoms with Crippen LogP contribution in [0.3, 0.4) is 0 Å². The molecule has 1 aromatic heterocycles. The Balaban J connectivity index is 2.85. The van der Waals surface area contributed by atoms with Crippen molar-refractivity contribution in [1.29, 1.82) is 0 Å². The fourth-order valence-corrected chi connectivity index (χ4v) is 1.69. The number of esters is 1. The third-order valence-corrected chi connectivity index (χ3v) is 2.88. The minimum Gasteiger partial charge on any atom is -0.469 e. The molecule has 0 fully saturated rings. The molecule has 20 heavy (non-hydrogen) atoms. The number of rotatable bonds is 6. The van der Waals surface area contributed by atoms with Gasteiger partial charge in [0.2, 0.25) is 0 Å². The van der Waals surface area contributed by atoms with Gasteiger partial charge in [-0.1, -0.05) is 0 Å². The van der Waals surface area contributed by atoms with Crippen LogP contribution in [0.4, 0.5) is 5.69 Å². The molecular formula is C12H17N3O5. The molecule has 0 N–H and O–H groups in total.